The monoisotopic (exact) mass is 272 g/mol. The molecule has 0 saturated carbocycles. The second-order valence-corrected chi connectivity index (χ2v) is 5.18. The van der Waals surface area contributed by atoms with Crippen LogP contribution in [0.4, 0.5) is 5.69 Å². The van der Waals surface area contributed by atoms with Crippen molar-refractivity contribution in [3.63, 3.8) is 0 Å². The molecule has 0 bridgehead atoms. The quantitative estimate of drug-likeness (QED) is 0.508. The molecule has 2 rings (SSSR count). The lowest BCUT2D eigenvalue weighted by atomic mass is 9.86. The standard InChI is InChI=1S/C16H20N2O2/c1-10(17)8-14(11-2-5-13(19)6-3-11)12-4-7-16(20)15(18)9-12/h2-7,9-10,14,19-20H,8,17-18H2,1H3. The fraction of sp³-hybridized carbons (Fsp3) is 0.250. The van der Waals surface area contributed by atoms with Crippen molar-refractivity contribution in [1.29, 1.82) is 0 Å². The molecule has 2 aromatic rings. The maximum atomic E-state index is 9.53. The molecule has 4 nitrogen and oxygen atoms in total. The van der Waals surface area contributed by atoms with E-state index in [2.05, 4.69) is 0 Å². The molecule has 4 heteroatoms. The van der Waals surface area contributed by atoms with Gasteiger partial charge in [-0.2, -0.15) is 0 Å². The fourth-order valence-corrected chi connectivity index (χ4v) is 2.33. The minimum atomic E-state index is 0.0313. The van der Waals surface area contributed by atoms with Crippen molar-refractivity contribution >= 4 is 5.69 Å². The highest BCUT2D eigenvalue weighted by atomic mass is 16.3. The molecule has 0 aliphatic rings. The van der Waals surface area contributed by atoms with Crippen LogP contribution in [0.25, 0.3) is 0 Å². The van der Waals surface area contributed by atoms with Gasteiger partial charge in [0, 0.05) is 12.0 Å². The molecule has 0 heterocycles. The Bertz CT molecular complexity index is 580. The molecule has 2 aromatic carbocycles. The lowest BCUT2D eigenvalue weighted by Crippen LogP contribution is -2.19. The highest BCUT2D eigenvalue weighted by molar-refractivity contribution is 5.55. The zero-order chi connectivity index (χ0) is 14.7. The van der Waals surface area contributed by atoms with Gasteiger partial charge < -0.3 is 21.7 Å². The predicted octanol–water partition coefficient (Wildman–Crippen LogP) is 2.55. The van der Waals surface area contributed by atoms with Gasteiger partial charge in [0.25, 0.3) is 0 Å². The number of hydrogen-bond donors (Lipinski definition) is 4. The van der Waals surface area contributed by atoms with Gasteiger partial charge in [-0.05, 0) is 48.7 Å². The van der Waals surface area contributed by atoms with Crippen molar-refractivity contribution in [2.45, 2.75) is 25.3 Å². The van der Waals surface area contributed by atoms with Gasteiger partial charge in [0.15, 0.2) is 0 Å². The van der Waals surface area contributed by atoms with Crippen molar-refractivity contribution in [2.75, 3.05) is 5.73 Å². The smallest absolute Gasteiger partial charge is 0.138 e. The van der Waals surface area contributed by atoms with Gasteiger partial charge >= 0.3 is 0 Å². The van der Waals surface area contributed by atoms with Crippen LogP contribution in [-0.2, 0) is 0 Å². The summed E-state index contributed by atoms with van der Waals surface area (Å²) in [6.45, 7) is 1.96. The summed E-state index contributed by atoms with van der Waals surface area (Å²) in [6.07, 6.45) is 0.759. The molecule has 0 aromatic heterocycles. The third-order valence-corrected chi connectivity index (χ3v) is 3.36. The Labute approximate surface area is 118 Å². The Morgan fingerprint density at radius 1 is 1.00 bits per heavy atom. The van der Waals surface area contributed by atoms with E-state index < -0.39 is 0 Å². The molecule has 106 valence electrons. The minimum Gasteiger partial charge on any atom is -0.508 e. The second-order valence-electron chi connectivity index (χ2n) is 5.18. The third kappa shape index (κ3) is 3.22. The van der Waals surface area contributed by atoms with Gasteiger partial charge in [-0.15, -0.1) is 0 Å². The molecule has 0 fully saturated rings. The second kappa shape index (κ2) is 5.84. The van der Waals surface area contributed by atoms with Gasteiger partial charge in [-0.25, -0.2) is 0 Å². The first kappa shape index (κ1) is 14.2. The van der Waals surface area contributed by atoms with Gasteiger partial charge in [-0.3, -0.25) is 0 Å². The molecule has 0 spiro atoms. The average molecular weight is 272 g/mol. The van der Waals surface area contributed by atoms with E-state index in [9.17, 15) is 10.2 Å². The summed E-state index contributed by atoms with van der Waals surface area (Å²) in [6, 6.07) is 12.3. The number of hydrogen-bond acceptors (Lipinski definition) is 4. The van der Waals surface area contributed by atoms with Crippen molar-refractivity contribution < 1.29 is 10.2 Å². The van der Waals surface area contributed by atoms with Gasteiger partial charge in [-0.1, -0.05) is 18.2 Å². The van der Waals surface area contributed by atoms with Crippen LogP contribution >= 0.6 is 0 Å². The molecule has 2 unspecified atom stereocenters. The summed E-state index contributed by atoms with van der Waals surface area (Å²) in [5.41, 5.74) is 14.1. The number of benzene rings is 2. The number of rotatable bonds is 4. The first-order valence-electron chi connectivity index (χ1n) is 6.60. The molecule has 6 N–H and O–H groups in total. The van der Waals surface area contributed by atoms with Crippen LogP contribution in [0, 0.1) is 0 Å². The molecular weight excluding hydrogens is 252 g/mol. The summed E-state index contributed by atoms with van der Waals surface area (Å²) in [4.78, 5) is 0. The van der Waals surface area contributed by atoms with Crippen molar-refractivity contribution in [3.05, 3.63) is 53.6 Å². The predicted molar refractivity (Wildman–Crippen MR) is 80.7 cm³/mol. The maximum Gasteiger partial charge on any atom is 0.138 e. The van der Waals surface area contributed by atoms with Crippen LogP contribution in [0.15, 0.2) is 42.5 Å². The highest BCUT2D eigenvalue weighted by Gasteiger charge is 2.17. The van der Waals surface area contributed by atoms with E-state index in [-0.39, 0.29) is 23.5 Å². The van der Waals surface area contributed by atoms with Gasteiger partial charge in [0.2, 0.25) is 0 Å². The molecule has 0 aliphatic carbocycles. The molecule has 0 amide bonds. The summed E-state index contributed by atoms with van der Waals surface area (Å²) in [7, 11) is 0. The van der Waals surface area contributed by atoms with E-state index in [1.54, 1.807) is 24.3 Å². The normalized spacial score (nSPS) is 13.9. The average Bonchev–Trinajstić information content (AvgIpc) is 2.40. The number of phenolic OH excluding ortho intramolecular Hbond substituents is 2. The molecular formula is C16H20N2O2. The van der Waals surface area contributed by atoms with Crippen LogP contribution < -0.4 is 11.5 Å². The lowest BCUT2D eigenvalue weighted by Gasteiger charge is -2.21. The van der Waals surface area contributed by atoms with Crippen LogP contribution in [-0.4, -0.2) is 16.3 Å². The first-order chi connectivity index (χ1) is 9.47. The highest BCUT2D eigenvalue weighted by Crippen LogP contribution is 2.33. The Hall–Kier alpha value is -2.20. The summed E-state index contributed by atoms with van der Waals surface area (Å²) in [5.74, 6) is 0.399. The molecule has 0 saturated heterocycles. The molecule has 0 radical (unpaired) electrons. The Balaban J connectivity index is 2.41. The minimum absolute atomic E-state index is 0.0313. The lowest BCUT2D eigenvalue weighted by molar-refractivity contribution is 0.474. The number of aromatic hydroxyl groups is 2. The Kier molecular flexibility index (Phi) is 4.15. The molecule has 0 aliphatic heterocycles. The van der Waals surface area contributed by atoms with E-state index in [1.807, 2.05) is 25.1 Å². The van der Waals surface area contributed by atoms with E-state index in [0.717, 1.165) is 17.5 Å². The van der Waals surface area contributed by atoms with E-state index in [0.29, 0.717) is 5.69 Å². The van der Waals surface area contributed by atoms with Gasteiger partial charge in [0.1, 0.15) is 11.5 Å². The number of phenols is 2. The van der Waals surface area contributed by atoms with Crippen molar-refractivity contribution in [1.82, 2.24) is 0 Å². The van der Waals surface area contributed by atoms with Crippen LogP contribution in [0.3, 0.4) is 0 Å². The SMILES string of the molecule is CC(N)CC(c1ccc(O)cc1)c1ccc(O)c(N)c1. The molecule has 2 atom stereocenters. The number of nitrogens with two attached hydrogens (primary N) is 2. The zero-order valence-corrected chi connectivity index (χ0v) is 11.5. The van der Waals surface area contributed by atoms with Gasteiger partial charge in [0.05, 0.1) is 5.69 Å². The zero-order valence-electron chi connectivity index (χ0n) is 11.5. The van der Waals surface area contributed by atoms with E-state index in [1.165, 1.54) is 0 Å². The van der Waals surface area contributed by atoms with E-state index >= 15 is 0 Å². The number of nitrogen functional groups attached to an aromatic ring is 1. The largest absolute Gasteiger partial charge is 0.508 e. The summed E-state index contributed by atoms with van der Waals surface area (Å²) < 4.78 is 0. The van der Waals surface area contributed by atoms with Crippen LogP contribution in [0.2, 0.25) is 0 Å². The Morgan fingerprint density at radius 3 is 2.15 bits per heavy atom. The van der Waals surface area contributed by atoms with Crippen molar-refractivity contribution in [2.24, 2.45) is 5.73 Å². The Morgan fingerprint density at radius 2 is 1.60 bits per heavy atom. The topological polar surface area (TPSA) is 92.5 Å². The first-order valence-corrected chi connectivity index (χ1v) is 6.60. The van der Waals surface area contributed by atoms with E-state index in [4.69, 9.17) is 11.5 Å². The summed E-state index contributed by atoms with van der Waals surface area (Å²) >= 11 is 0. The van der Waals surface area contributed by atoms with Crippen LogP contribution in [0.5, 0.6) is 11.5 Å². The third-order valence-electron chi connectivity index (χ3n) is 3.36. The summed E-state index contributed by atoms with van der Waals surface area (Å²) in [5, 5.41) is 18.9. The molecule has 20 heavy (non-hydrogen) atoms. The van der Waals surface area contributed by atoms with Crippen molar-refractivity contribution in [3.8, 4) is 11.5 Å². The fourth-order valence-electron chi connectivity index (χ4n) is 2.33. The van der Waals surface area contributed by atoms with Crippen LogP contribution in [0.1, 0.15) is 30.4 Å². The number of anilines is 1. The maximum absolute atomic E-state index is 9.53.